The average molecular weight is 427 g/mol. The van der Waals surface area contributed by atoms with E-state index in [1.54, 1.807) is 18.2 Å². The highest BCUT2D eigenvalue weighted by Crippen LogP contribution is 2.34. The third-order valence-corrected chi connectivity index (χ3v) is 4.29. The highest BCUT2D eigenvalue weighted by Gasteiger charge is 2.13. The molecule has 0 spiro atoms. The maximum Gasteiger partial charge on any atom is 0.262 e. The van der Waals surface area contributed by atoms with Crippen LogP contribution in [-0.4, -0.2) is 19.6 Å². The van der Waals surface area contributed by atoms with Crippen LogP contribution in [0.4, 0.5) is 0 Å². The number of hydrogen-bond acceptors (Lipinski definition) is 4. The Balaban J connectivity index is 2.21. The van der Waals surface area contributed by atoms with Gasteiger partial charge in [-0.25, -0.2) is 0 Å². The number of benzene rings is 2. The SMILES string of the molecule is C=CCOc1cc(Br)c(C=C(C#N)C(=O)NCc2ccccc2)cc1OC. The van der Waals surface area contributed by atoms with Crippen molar-refractivity contribution in [3.63, 3.8) is 0 Å². The van der Waals surface area contributed by atoms with Crippen LogP contribution in [0.1, 0.15) is 11.1 Å². The van der Waals surface area contributed by atoms with Crippen LogP contribution >= 0.6 is 15.9 Å². The second-order valence-electron chi connectivity index (χ2n) is 5.46. The lowest BCUT2D eigenvalue weighted by atomic mass is 10.1. The molecule has 0 heterocycles. The fraction of sp³-hybridized carbons (Fsp3) is 0.143. The number of ether oxygens (including phenoxy) is 2. The molecule has 138 valence electrons. The standard InChI is InChI=1S/C21H19BrN2O3/c1-3-9-27-20-12-18(22)16(11-19(20)26-2)10-17(13-23)21(25)24-14-15-7-5-4-6-8-15/h3-8,10-12H,1,9,14H2,2H3,(H,24,25). The molecule has 0 unspecified atom stereocenters. The number of carbonyl (C=O) groups is 1. The Labute approximate surface area is 167 Å². The number of nitrogens with zero attached hydrogens (tertiary/aromatic N) is 1. The van der Waals surface area contributed by atoms with Gasteiger partial charge in [0.25, 0.3) is 5.91 Å². The van der Waals surface area contributed by atoms with Crippen LogP contribution < -0.4 is 14.8 Å². The molecule has 0 atom stereocenters. The van der Waals surface area contributed by atoms with Gasteiger partial charge in [-0.05, 0) is 29.3 Å². The zero-order chi connectivity index (χ0) is 19.6. The van der Waals surface area contributed by atoms with Gasteiger partial charge in [-0.1, -0.05) is 58.9 Å². The molecule has 0 aliphatic carbocycles. The fourth-order valence-electron chi connectivity index (χ4n) is 2.26. The molecule has 1 N–H and O–H groups in total. The summed E-state index contributed by atoms with van der Waals surface area (Å²) in [7, 11) is 1.52. The number of hydrogen-bond donors (Lipinski definition) is 1. The molecule has 0 radical (unpaired) electrons. The van der Waals surface area contributed by atoms with Gasteiger partial charge in [0.1, 0.15) is 18.2 Å². The van der Waals surface area contributed by atoms with Gasteiger partial charge < -0.3 is 14.8 Å². The molecule has 2 aromatic rings. The first-order valence-corrected chi connectivity index (χ1v) is 8.93. The molecular formula is C21H19BrN2O3. The third kappa shape index (κ3) is 5.73. The molecule has 6 heteroatoms. The molecule has 2 rings (SSSR count). The van der Waals surface area contributed by atoms with Gasteiger partial charge in [-0.15, -0.1) is 0 Å². The van der Waals surface area contributed by atoms with Crippen LogP contribution in [0.5, 0.6) is 11.5 Å². The maximum atomic E-state index is 12.3. The van der Waals surface area contributed by atoms with Crippen molar-refractivity contribution >= 4 is 27.9 Å². The molecule has 0 aromatic heterocycles. The van der Waals surface area contributed by atoms with Gasteiger partial charge in [0.05, 0.1) is 7.11 Å². The lowest BCUT2D eigenvalue weighted by Crippen LogP contribution is -2.23. The summed E-state index contributed by atoms with van der Waals surface area (Å²) in [5.41, 5.74) is 1.58. The first kappa shape index (κ1) is 20.3. The normalized spacial score (nSPS) is 10.6. The van der Waals surface area contributed by atoms with Gasteiger partial charge in [0.15, 0.2) is 11.5 Å². The van der Waals surface area contributed by atoms with Gasteiger partial charge >= 0.3 is 0 Å². The van der Waals surface area contributed by atoms with E-state index in [4.69, 9.17) is 9.47 Å². The number of methoxy groups -OCH3 is 1. The number of nitriles is 1. The van der Waals surface area contributed by atoms with Crippen LogP contribution in [0.15, 0.2) is 65.2 Å². The predicted molar refractivity (Wildman–Crippen MR) is 108 cm³/mol. The Hall–Kier alpha value is -3.04. The van der Waals surface area contributed by atoms with E-state index < -0.39 is 5.91 Å². The molecular weight excluding hydrogens is 408 g/mol. The minimum atomic E-state index is -0.445. The van der Waals surface area contributed by atoms with Gasteiger partial charge in [0.2, 0.25) is 0 Å². The minimum Gasteiger partial charge on any atom is -0.493 e. The number of carbonyl (C=O) groups excluding carboxylic acids is 1. The lowest BCUT2D eigenvalue weighted by molar-refractivity contribution is -0.117. The molecule has 0 saturated heterocycles. The van der Waals surface area contributed by atoms with Crippen LogP contribution in [0, 0.1) is 11.3 Å². The topological polar surface area (TPSA) is 71.3 Å². The fourth-order valence-corrected chi connectivity index (χ4v) is 2.70. The Kier molecular flexibility index (Phi) is 7.65. The van der Waals surface area contributed by atoms with Gasteiger partial charge in [-0.3, -0.25) is 4.79 Å². The summed E-state index contributed by atoms with van der Waals surface area (Å²) in [6, 6.07) is 14.9. The molecule has 1 amide bonds. The summed E-state index contributed by atoms with van der Waals surface area (Å²) in [5, 5.41) is 12.1. The number of nitrogens with one attached hydrogen (secondary N) is 1. The zero-order valence-corrected chi connectivity index (χ0v) is 16.5. The summed E-state index contributed by atoms with van der Waals surface area (Å²) >= 11 is 3.44. The summed E-state index contributed by atoms with van der Waals surface area (Å²) in [4.78, 5) is 12.3. The van der Waals surface area contributed by atoms with Crippen molar-refractivity contribution in [2.75, 3.05) is 13.7 Å². The molecule has 2 aromatic carbocycles. The van der Waals surface area contributed by atoms with E-state index in [2.05, 4.69) is 27.8 Å². The molecule has 5 nitrogen and oxygen atoms in total. The second-order valence-corrected chi connectivity index (χ2v) is 6.32. The van der Waals surface area contributed by atoms with Crippen molar-refractivity contribution in [1.82, 2.24) is 5.32 Å². The lowest BCUT2D eigenvalue weighted by Gasteiger charge is -2.12. The first-order valence-electron chi connectivity index (χ1n) is 8.14. The van der Waals surface area contributed by atoms with Crippen molar-refractivity contribution in [2.45, 2.75) is 6.54 Å². The van der Waals surface area contributed by atoms with Gasteiger partial charge in [-0.2, -0.15) is 5.26 Å². The summed E-state index contributed by atoms with van der Waals surface area (Å²) in [6.45, 7) is 4.29. The average Bonchev–Trinajstić information content (AvgIpc) is 2.70. The monoisotopic (exact) mass is 426 g/mol. The minimum absolute atomic E-state index is 0.00607. The largest absolute Gasteiger partial charge is 0.493 e. The maximum absolute atomic E-state index is 12.3. The number of rotatable bonds is 8. The van der Waals surface area contributed by atoms with Crippen molar-refractivity contribution < 1.29 is 14.3 Å². The summed E-state index contributed by atoms with van der Waals surface area (Å²) in [6.07, 6.45) is 3.14. The third-order valence-electron chi connectivity index (χ3n) is 3.60. The van der Waals surface area contributed by atoms with E-state index in [0.29, 0.717) is 34.7 Å². The van der Waals surface area contributed by atoms with Crippen molar-refractivity contribution in [2.24, 2.45) is 0 Å². The Morgan fingerprint density at radius 2 is 2.04 bits per heavy atom. The summed E-state index contributed by atoms with van der Waals surface area (Å²) < 4.78 is 11.5. The predicted octanol–water partition coefficient (Wildman–Crippen LogP) is 4.25. The van der Waals surface area contributed by atoms with Crippen LogP contribution in [-0.2, 0) is 11.3 Å². The van der Waals surface area contributed by atoms with Crippen molar-refractivity contribution in [3.8, 4) is 17.6 Å². The highest BCUT2D eigenvalue weighted by atomic mass is 79.9. The smallest absolute Gasteiger partial charge is 0.262 e. The van der Waals surface area contributed by atoms with Crippen molar-refractivity contribution in [3.05, 3.63) is 76.3 Å². The van der Waals surface area contributed by atoms with E-state index in [-0.39, 0.29) is 5.57 Å². The number of halogens is 1. The van der Waals surface area contributed by atoms with E-state index in [0.717, 1.165) is 5.56 Å². The van der Waals surface area contributed by atoms with Crippen LogP contribution in [0.2, 0.25) is 0 Å². The van der Waals surface area contributed by atoms with E-state index in [1.807, 2.05) is 36.4 Å². The van der Waals surface area contributed by atoms with E-state index in [9.17, 15) is 10.1 Å². The second kappa shape index (κ2) is 10.2. The highest BCUT2D eigenvalue weighted by molar-refractivity contribution is 9.10. The molecule has 0 aliphatic rings. The quantitative estimate of drug-likeness (QED) is 0.389. The van der Waals surface area contributed by atoms with Crippen molar-refractivity contribution in [1.29, 1.82) is 5.26 Å². The molecule has 27 heavy (non-hydrogen) atoms. The van der Waals surface area contributed by atoms with Crippen LogP contribution in [0.25, 0.3) is 6.08 Å². The van der Waals surface area contributed by atoms with E-state index >= 15 is 0 Å². The molecule has 0 saturated carbocycles. The first-order chi connectivity index (χ1) is 13.1. The van der Waals surface area contributed by atoms with Crippen LogP contribution in [0.3, 0.4) is 0 Å². The van der Waals surface area contributed by atoms with Gasteiger partial charge in [0, 0.05) is 11.0 Å². The summed E-state index contributed by atoms with van der Waals surface area (Å²) in [5.74, 6) is 0.584. The Bertz CT molecular complexity index is 886. The molecule has 0 aliphatic heterocycles. The molecule has 0 fully saturated rings. The molecule has 0 bridgehead atoms. The Morgan fingerprint density at radius 3 is 2.67 bits per heavy atom. The number of amides is 1. The Morgan fingerprint density at radius 1 is 1.30 bits per heavy atom. The zero-order valence-electron chi connectivity index (χ0n) is 14.9. The van der Waals surface area contributed by atoms with E-state index in [1.165, 1.54) is 13.2 Å².